The third kappa shape index (κ3) is 1.64. The van der Waals surface area contributed by atoms with Crippen molar-refractivity contribution in [3.63, 3.8) is 0 Å². The molecule has 0 aliphatic heterocycles. The highest BCUT2D eigenvalue weighted by molar-refractivity contribution is 5.86. The van der Waals surface area contributed by atoms with Crippen molar-refractivity contribution < 1.29 is 0 Å². The van der Waals surface area contributed by atoms with Crippen LogP contribution >= 0.6 is 0 Å². The Kier molecular flexibility index (Phi) is 2.25. The van der Waals surface area contributed by atoms with E-state index < -0.39 is 0 Å². The second kappa shape index (κ2) is 3.77. The summed E-state index contributed by atoms with van der Waals surface area (Å²) < 4.78 is 2.25. The Morgan fingerprint density at radius 3 is 2.29 bits per heavy atom. The number of fused-ring (bicyclic) bond motifs is 1. The molecule has 1 aromatic heterocycles. The van der Waals surface area contributed by atoms with Crippen LogP contribution in [0, 0.1) is 6.92 Å². The maximum Gasteiger partial charge on any atom is 0.0488 e. The first-order valence-corrected chi connectivity index (χ1v) is 5.87. The normalized spacial score (nSPS) is 10.9. The highest BCUT2D eigenvalue weighted by atomic mass is 14.9. The fraction of sp³-hybridized carbons (Fsp3) is 0.125. The van der Waals surface area contributed by atoms with E-state index in [0.717, 1.165) is 0 Å². The summed E-state index contributed by atoms with van der Waals surface area (Å²) in [5, 5.41) is 1.30. The van der Waals surface area contributed by atoms with Crippen LogP contribution in [-0.4, -0.2) is 4.57 Å². The fourth-order valence-corrected chi connectivity index (χ4v) is 2.29. The van der Waals surface area contributed by atoms with Crippen LogP contribution in [0.1, 0.15) is 5.56 Å². The van der Waals surface area contributed by atoms with Crippen LogP contribution in [0.2, 0.25) is 0 Å². The molecule has 0 bridgehead atoms. The lowest BCUT2D eigenvalue weighted by molar-refractivity contribution is 0.978. The zero-order chi connectivity index (χ0) is 11.8. The Morgan fingerprint density at radius 1 is 0.882 bits per heavy atom. The first-order chi connectivity index (χ1) is 8.25. The number of aromatic nitrogens is 1. The quantitative estimate of drug-likeness (QED) is 0.581. The molecule has 84 valence electrons. The fourth-order valence-electron chi connectivity index (χ4n) is 2.29. The number of rotatable bonds is 1. The van der Waals surface area contributed by atoms with Crippen molar-refractivity contribution >= 4 is 10.9 Å². The molecule has 1 heterocycles. The molecule has 17 heavy (non-hydrogen) atoms. The van der Waals surface area contributed by atoms with Gasteiger partial charge in [-0.25, -0.2) is 0 Å². The summed E-state index contributed by atoms with van der Waals surface area (Å²) in [4.78, 5) is 0. The van der Waals surface area contributed by atoms with Crippen LogP contribution in [-0.2, 0) is 7.05 Å². The number of nitrogens with zero attached hydrogens (tertiary/aromatic N) is 1. The van der Waals surface area contributed by atoms with Gasteiger partial charge in [0.15, 0.2) is 0 Å². The zero-order valence-corrected chi connectivity index (χ0v) is 10.1. The maximum absolute atomic E-state index is 2.25. The van der Waals surface area contributed by atoms with E-state index in [-0.39, 0.29) is 0 Å². The molecule has 0 unspecified atom stereocenters. The van der Waals surface area contributed by atoms with Crippen molar-refractivity contribution in [3.05, 3.63) is 60.2 Å². The van der Waals surface area contributed by atoms with Gasteiger partial charge in [-0.3, -0.25) is 0 Å². The smallest absolute Gasteiger partial charge is 0.0488 e. The lowest BCUT2D eigenvalue weighted by Crippen LogP contribution is -1.90. The Labute approximate surface area is 101 Å². The van der Waals surface area contributed by atoms with Crippen molar-refractivity contribution in [2.24, 2.45) is 7.05 Å². The third-order valence-corrected chi connectivity index (χ3v) is 3.30. The average molecular weight is 221 g/mol. The summed E-state index contributed by atoms with van der Waals surface area (Å²) in [6, 6.07) is 19.4. The predicted molar refractivity (Wildman–Crippen MR) is 73.1 cm³/mol. The van der Waals surface area contributed by atoms with Gasteiger partial charge in [-0.1, -0.05) is 48.0 Å². The summed E-state index contributed by atoms with van der Waals surface area (Å²) in [5.74, 6) is 0. The summed E-state index contributed by atoms with van der Waals surface area (Å²) in [6.45, 7) is 2.12. The molecule has 0 amide bonds. The van der Waals surface area contributed by atoms with E-state index in [2.05, 4.69) is 73.1 Å². The first-order valence-electron chi connectivity index (χ1n) is 5.87. The van der Waals surface area contributed by atoms with Gasteiger partial charge in [0, 0.05) is 23.6 Å². The summed E-state index contributed by atoms with van der Waals surface area (Å²) >= 11 is 0. The monoisotopic (exact) mass is 221 g/mol. The standard InChI is InChI=1S/C16H15N/c1-12-7-9-13(10-8-12)16-11-14-5-3-4-6-15(14)17(16)2/h3-11H,1-2H3. The minimum absolute atomic E-state index is 1.27. The van der Waals surface area contributed by atoms with Crippen molar-refractivity contribution in [2.75, 3.05) is 0 Å². The van der Waals surface area contributed by atoms with Crippen molar-refractivity contribution in [2.45, 2.75) is 6.92 Å². The molecule has 1 nitrogen and oxygen atoms in total. The van der Waals surface area contributed by atoms with E-state index in [1.807, 2.05) is 0 Å². The summed E-state index contributed by atoms with van der Waals surface area (Å²) in [5.41, 5.74) is 5.12. The van der Waals surface area contributed by atoms with Gasteiger partial charge in [0.1, 0.15) is 0 Å². The van der Waals surface area contributed by atoms with E-state index in [1.54, 1.807) is 0 Å². The molecule has 0 fully saturated rings. The average Bonchev–Trinajstić information content (AvgIpc) is 2.69. The van der Waals surface area contributed by atoms with E-state index in [4.69, 9.17) is 0 Å². The molecule has 0 aliphatic rings. The minimum Gasteiger partial charge on any atom is -0.344 e. The van der Waals surface area contributed by atoms with Crippen molar-refractivity contribution in [1.82, 2.24) is 4.57 Å². The van der Waals surface area contributed by atoms with Gasteiger partial charge in [0.25, 0.3) is 0 Å². The maximum atomic E-state index is 2.25. The Bertz CT molecular complexity index is 660. The molecule has 3 aromatic rings. The lowest BCUT2D eigenvalue weighted by atomic mass is 10.1. The summed E-state index contributed by atoms with van der Waals surface area (Å²) in [6.07, 6.45) is 0. The molecule has 0 saturated carbocycles. The molecule has 0 radical (unpaired) electrons. The van der Waals surface area contributed by atoms with Gasteiger partial charge in [-0.15, -0.1) is 0 Å². The SMILES string of the molecule is Cc1ccc(-c2cc3ccccc3n2C)cc1. The molecule has 2 aromatic carbocycles. The Hall–Kier alpha value is -2.02. The van der Waals surface area contributed by atoms with Gasteiger partial charge in [0.2, 0.25) is 0 Å². The number of hydrogen-bond donors (Lipinski definition) is 0. The second-order valence-electron chi connectivity index (χ2n) is 4.51. The van der Waals surface area contributed by atoms with Crippen molar-refractivity contribution in [3.8, 4) is 11.3 Å². The predicted octanol–water partition coefficient (Wildman–Crippen LogP) is 4.15. The molecule has 0 aliphatic carbocycles. The van der Waals surface area contributed by atoms with Crippen LogP contribution in [0.25, 0.3) is 22.2 Å². The third-order valence-electron chi connectivity index (χ3n) is 3.30. The van der Waals surface area contributed by atoms with Crippen LogP contribution < -0.4 is 0 Å². The molecule has 0 atom stereocenters. The Balaban J connectivity index is 2.24. The number of hydrogen-bond acceptors (Lipinski definition) is 0. The Morgan fingerprint density at radius 2 is 1.59 bits per heavy atom. The molecule has 0 spiro atoms. The first kappa shape index (κ1) is 10.2. The van der Waals surface area contributed by atoms with E-state index in [0.29, 0.717) is 0 Å². The number of benzene rings is 2. The van der Waals surface area contributed by atoms with Crippen molar-refractivity contribution in [1.29, 1.82) is 0 Å². The highest BCUT2D eigenvalue weighted by Crippen LogP contribution is 2.27. The zero-order valence-electron chi connectivity index (χ0n) is 10.1. The van der Waals surface area contributed by atoms with E-state index >= 15 is 0 Å². The van der Waals surface area contributed by atoms with Gasteiger partial charge < -0.3 is 4.57 Å². The van der Waals surface area contributed by atoms with Gasteiger partial charge in [-0.05, 0) is 24.6 Å². The molecular formula is C16H15N. The van der Waals surface area contributed by atoms with E-state index in [1.165, 1.54) is 27.7 Å². The number of para-hydroxylation sites is 1. The molecular weight excluding hydrogens is 206 g/mol. The molecule has 0 saturated heterocycles. The van der Waals surface area contributed by atoms with Gasteiger partial charge in [0.05, 0.1) is 0 Å². The highest BCUT2D eigenvalue weighted by Gasteiger charge is 2.06. The molecule has 0 N–H and O–H groups in total. The van der Waals surface area contributed by atoms with Crippen LogP contribution in [0.15, 0.2) is 54.6 Å². The topological polar surface area (TPSA) is 4.93 Å². The van der Waals surface area contributed by atoms with E-state index in [9.17, 15) is 0 Å². The largest absolute Gasteiger partial charge is 0.344 e. The molecule has 3 rings (SSSR count). The van der Waals surface area contributed by atoms with Crippen LogP contribution in [0.4, 0.5) is 0 Å². The van der Waals surface area contributed by atoms with Crippen LogP contribution in [0.3, 0.4) is 0 Å². The molecule has 1 heteroatoms. The second-order valence-corrected chi connectivity index (χ2v) is 4.51. The number of aryl methyl sites for hydroxylation is 2. The lowest BCUT2D eigenvalue weighted by Gasteiger charge is -2.04. The summed E-state index contributed by atoms with van der Waals surface area (Å²) in [7, 11) is 2.12. The van der Waals surface area contributed by atoms with Gasteiger partial charge in [-0.2, -0.15) is 0 Å². The van der Waals surface area contributed by atoms with Gasteiger partial charge >= 0.3 is 0 Å². The van der Waals surface area contributed by atoms with Crippen LogP contribution in [0.5, 0.6) is 0 Å². The minimum atomic E-state index is 1.27.